The number of pyridine rings is 1. The van der Waals surface area contributed by atoms with Crippen molar-refractivity contribution >= 4 is 31.9 Å². The Labute approximate surface area is 126 Å². The van der Waals surface area contributed by atoms with Crippen molar-refractivity contribution in [3.8, 4) is 0 Å². The van der Waals surface area contributed by atoms with E-state index in [1.807, 2.05) is 6.20 Å². The van der Waals surface area contributed by atoms with Crippen molar-refractivity contribution < 1.29 is 0 Å². The molecule has 1 N–H and O–H groups in total. The third-order valence-corrected chi connectivity index (χ3v) is 4.64. The molecule has 1 fully saturated rings. The first-order valence-corrected chi connectivity index (χ1v) is 8.18. The quantitative estimate of drug-likeness (QED) is 0.849. The van der Waals surface area contributed by atoms with Gasteiger partial charge in [0.2, 0.25) is 0 Å². The lowest BCUT2D eigenvalue weighted by Gasteiger charge is -2.33. The van der Waals surface area contributed by atoms with E-state index in [-0.39, 0.29) is 0 Å². The van der Waals surface area contributed by atoms with E-state index in [1.54, 1.807) is 0 Å². The molecule has 0 aliphatic carbocycles. The number of hydrogen-bond donors (Lipinski definition) is 1. The first kappa shape index (κ1) is 14.5. The van der Waals surface area contributed by atoms with Crippen molar-refractivity contribution in [1.29, 1.82) is 0 Å². The van der Waals surface area contributed by atoms with Gasteiger partial charge in [-0.05, 0) is 75.7 Å². The Morgan fingerprint density at radius 1 is 1.44 bits per heavy atom. The standard InChI is InChI=1S/C14H20Br2N2/c1-9(2)5-10-7-17-4-3-12(10)14-13(16)6-11(15)8-18-14/h6,8-10,12,17H,3-5,7H2,1-2H3. The third kappa shape index (κ3) is 3.55. The van der Waals surface area contributed by atoms with Gasteiger partial charge in [0, 0.05) is 21.1 Å². The summed E-state index contributed by atoms with van der Waals surface area (Å²) in [6.45, 7) is 6.82. The highest BCUT2D eigenvalue weighted by atomic mass is 79.9. The van der Waals surface area contributed by atoms with Crippen LogP contribution in [-0.2, 0) is 0 Å². The van der Waals surface area contributed by atoms with E-state index in [9.17, 15) is 0 Å². The number of halogens is 2. The Hall–Kier alpha value is 0.0700. The molecule has 1 aliphatic rings. The Morgan fingerprint density at radius 2 is 2.22 bits per heavy atom. The van der Waals surface area contributed by atoms with Crippen molar-refractivity contribution in [2.75, 3.05) is 13.1 Å². The minimum absolute atomic E-state index is 0.580. The van der Waals surface area contributed by atoms with Crippen molar-refractivity contribution in [3.63, 3.8) is 0 Å². The summed E-state index contributed by atoms with van der Waals surface area (Å²) >= 11 is 7.13. The molecule has 100 valence electrons. The van der Waals surface area contributed by atoms with Crippen LogP contribution in [0.5, 0.6) is 0 Å². The second kappa shape index (κ2) is 6.49. The monoisotopic (exact) mass is 374 g/mol. The molecule has 2 heterocycles. The first-order valence-electron chi connectivity index (χ1n) is 6.59. The van der Waals surface area contributed by atoms with Crippen LogP contribution in [0.2, 0.25) is 0 Å². The predicted molar refractivity (Wildman–Crippen MR) is 82.8 cm³/mol. The molecule has 1 saturated heterocycles. The maximum atomic E-state index is 4.64. The van der Waals surface area contributed by atoms with Gasteiger partial charge in [0.05, 0.1) is 5.69 Å². The zero-order chi connectivity index (χ0) is 13.1. The van der Waals surface area contributed by atoms with Gasteiger partial charge < -0.3 is 5.32 Å². The summed E-state index contributed by atoms with van der Waals surface area (Å²) in [5.74, 6) is 2.02. The lowest BCUT2D eigenvalue weighted by atomic mass is 9.79. The van der Waals surface area contributed by atoms with Crippen molar-refractivity contribution in [2.24, 2.45) is 11.8 Å². The molecule has 0 bridgehead atoms. The van der Waals surface area contributed by atoms with Gasteiger partial charge in [-0.2, -0.15) is 0 Å². The lowest BCUT2D eigenvalue weighted by Crippen LogP contribution is -2.36. The van der Waals surface area contributed by atoms with Crippen LogP contribution in [0.4, 0.5) is 0 Å². The molecular formula is C14H20Br2N2. The molecule has 1 aromatic rings. The normalized spacial score (nSPS) is 24.5. The molecule has 0 amide bonds. The summed E-state index contributed by atoms with van der Waals surface area (Å²) in [5, 5.41) is 3.52. The van der Waals surface area contributed by atoms with Gasteiger partial charge in [-0.25, -0.2) is 0 Å². The van der Waals surface area contributed by atoms with Gasteiger partial charge in [-0.1, -0.05) is 13.8 Å². The topological polar surface area (TPSA) is 24.9 Å². The zero-order valence-electron chi connectivity index (χ0n) is 10.9. The molecule has 1 aliphatic heterocycles. The number of rotatable bonds is 3. The Balaban J connectivity index is 2.22. The van der Waals surface area contributed by atoms with E-state index in [2.05, 4.69) is 62.1 Å². The number of nitrogens with zero attached hydrogens (tertiary/aromatic N) is 1. The van der Waals surface area contributed by atoms with Gasteiger partial charge in [0.15, 0.2) is 0 Å². The third-order valence-electron chi connectivity index (χ3n) is 3.57. The van der Waals surface area contributed by atoms with Crippen LogP contribution in [0, 0.1) is 11.8 Å². The Bertz CT molecular complexity index is 407. The van der Waals surface area contributed by atoms with E-state index in [4.69, 9.17) is 0 Å². The van der Waals surface area contributed by atoms with Crippen LogP contribution < -0.4 is 5.32 Å². The van der Waals surface area contributed by atoms with E-state index in [1.165, 1.54) is 18.5 Å². The number of aromatic nitrogens is 1. The molecule has 0 radical (unpaired) electrons. The summed E-state index contributed by atoms with van der Waals surface area (Å²) in [6, 6.07) is 2.11. The predicted octanol–water partition coefficient (Wildman–Crippen LogP) is 4.35. The number of piperidine rings is 1. The highest BCUT2D eigenvalue weighted by Gasteiger charge is 2.29. The fraction of sp³-hybridized carbons (Fsp3) is 0.643. The molecule has 18 heavy (non-hydrogen) atoms. The molecule has 2 nitrogen and oxygen atoms in total. The maximum absolute atomic E-state index is 4.64. The van der Waals surface area contributed by atoms with E-state index < -0.39 is 0 Å². The molecular weight excluding hydrogens is 356 g/mol. The van der Waals surface area contributed by atoms with Crippen LogP contribution in [0.15, 0.2) is 21.2 Å². The van der Waals surface area contributed by atoms with Crippen LogP contribution >= 0.6 is 31.9 Å². The van der Waals surface area contributed by atoms with Crippen molar-refractivity contribution in [1.82, 2.24) is 10.3 Å². The highest BCUT2D eigenvalue weighted by molar-refractivity contribution is 9.11. The summed E-state index contributed by atoms with van der Waals surface area (Å²) in [4.78, 5) is 4.64. The molecule has 1 aromatic heterocycles. The first-order chi connectivity index (χ1) is 8.58. The average Bonchev–Trinajstić information content (AvgIpc) is 2.30. The number of nitrogens with one attached hydrogen (secondary N) is 1. The van der Waals surface area contributed by atoms with Crippen LogP contribution in [0.1, 0.15) is 38.3 Å². The second-order valence-electron chi connectivity index (χ2n) is 5.51. The Kier molecular flexibility index (Phi) is 5.22. The van der Waals surface area contributed by atoms with Gasteiger partial charge in [0.25, 0.3) is 0 Å². The highest BCUT2D eigenvalue weighted by Crippen LogP contribution is 2.37. The largest absolute Gasteiger partial charge is 0.316 e. The summed E-state index contributed by atoms with van der Waals surface area (Å²) < 4.78 is 2.17. The minimum atomic E-state index is 0.580. The molecule has 0 spiro atoms. The molecule has 2 rings (SSSR count). The van der Waals surface area contributed by atoms with Crippen molar-refractivity contribution in [3.05, 3.63) is 26.9 Å². The van der Waals surface area contributed by atoms with Crippen LogP contribution in [-0.4, -0.2) is 18.1 Å². The second-order valence-corrected chi connectivity index (χ2v) is 7.28. The smallest absolute Gasteiger partial charge is 0.0580 e. The summed E-state index contributed by atoms with van der Waals surface area (Å²) in [5.41, 5.74) is 1.23. The SMILES string of the molecule is CC(C)CC1CNCCC1c1ncc(Br)cc1Br. The molecule has 0 saturated carbocycles. The van der Waals surface area contributed by atoms with Gasteiger partial charge in [0.1, 0.15) is 0 Å². The van der Waals surface area contributed by atoms with Crippen LogP contribution in [0.3, 0.4) is 0 Å². The fourth-order valence-electron chi connectivity index (χ4n) is 2.83. The van der Waals surface area contributed by atoms with E-state index in [0.29, 0.717) is 11.8 Å². The van der Waals surface area contributed by atoms with Gasteiger partial charge >= 0.3 is 0 Å². The summed E-state index contributed by atoms with van der Waals surface area (Å²) in [6.07, 6.45) is 4.36. The van der Waals surface area contributed by atoms with Crippen molar-refractivity contribution in [2.45, 2.75) is 32.6 Å². The van der Waals surface area contributed by atoms with Gasteiger partial charge in [-0.15, -0.1) is 0 Å². The number of hydrogen-bond acceptors (Lipinski definition) is 2. The molecule has 2 unspecified atom stereocenters. The summed E-state index contributed by atoms with van der Waals surface area (Å²) in [7, 11) is 0. The average molecular weight is 376 g/mol. The Morgan fingerprint density at radius 3 is 2.89 bits per heavy atom. The van der Waals surface area contributed by atoms with Crippen LogP contribution in [0.25, 0.3) is 0 Å². The minimum Gasteiger partial charge on any atom is -0.316 e. The van der Waals surface area contributed by atoms with E-state index in [0.717, 1.165) is 28.0 Å². The fourth-order valence-corrected chi connectivity index (χ4v) is 4.12. The molecule has 0 aromatic carbocycles. The zero-order valence-corrected chi connectivity index (χ0v) is 14.1. The lowest BCUT2D eigenvalue weighted by molar-refractivity contribution is 0.276. The maximum Gasteiger partial charge on any atom is 0.0580 e. The molecule has 4 heteroatoms. The molecule has 2 atom stereocenters. The van der Waals surface area contributed by atoms with E-state index >= 15 is 0 Å². The van der Waals surface area contributed by atoms with Gasteiger partial charge in [-0.3, -0.25) is 4.98 Å².